The van der Waals surface area contributed by atoms with Crippen LogP contribution in [0.1, 0.15) is 29.6 Å². The van der Waals surface area contributed by atoms with Gasteiger partial charge in [-0.05, 0) is 37.1 Å². The van der Waals surface area contributed by atoms with Crippen LogP contribution in [0.5, 0.6) is 0 Å². The smallest absolute Gasteiger partial charge is 0.258 e. The van der Waals surface area contributed by atoms with Crippen LogP contribution < -0.4 is 16.0 Å². The van der Waals surface area contributed by atoms with Gasteiger partial charge in [0.05, 0.1) is 28.7 Å². The number of hydrogen-bond donors (Lipinski definition) is 2. The molecule has 0 spiro atoms. The first-order valence-electron chi connectivity index (χ1n) is 10.4. The van der Waals surface area contributed by atoms with E-state index in [2.05, 4.69) is 15.2 Å². The minimum absolute atomic E-state index is 0.0130. The summed E-state index contributed by atoms with van der Waals surface area (Å²) in [6.07, 6.45) is 6.02. The van der Waals surface area contributed by atoms with E-state index in [1.165, 1.54) is 30.5 Å². The predicted molar refractivity (Wildman–Crippen MR) is 118 cm³/mol. The SMILES string of the molecule is NC1CCCCN(c2ccncc2NC(=O)c2cccc(-c3c(F)cccc3F)c2F)C1. The maximum atomic E-state index is 15.2. The van der Waals surface area contributed by atoms with Gasteiger partial charge in [-0.2, -0.15) is 0 Å². The topological polar surface area (TPSA) is 71.2 Å². The van der Waals surface area contributed by atoms with Crippen LogP contribution in [0.25, 0.3) is 11.1 Å². The quantitative estimate of drug-likeness (QED) is 0.615. The largest absolute Gasteiger partial charge is 0.368 e. The number of hydrogen-bond acceptors (Lipinski definition) is 4. The van der Waals surface area contributed by atoms with E-state index in [4.69, 9.17) is 5.73 Å². The molecule has 1 amide bonds. The molecule has 1 aromatic heterocycles. The summed E-state index contributed by atoms with van der Waals surface area (Å²) < 4.78 is 43.6. The number of carbonyl (C=O) groups excluding carboxylic acids is 1. The molecule has 1 atom stereocenters. The van der Waals surface area contributed by atoms with Crippen LogP contribution in [0.3, 0.4) is 0 Å². The number of pyridine rings is 1. The number of halogens is 3. The lowest BCUT2D eigenvalue weighted by Crippen LogP contribution is -2.36. The summed E-state index contributed by atoms with van der Waals surface area (Å²) in [4.78, 5) is 19.1. The van der Waals surface area contributed by atoms with Crippen LogP contribution in [-0.4, -0.2) is 30.0 Å². The number of carbonyl (C=O) groups is 1. The molecule has 4 rings (SSSR count). The van der Waals surface area contributed by atoms with E-state index in [0.717, 1.165) is 43.6 Å². The van der Waals surface area contributed by atoms with Gasteiger partial charge in [-0.3, -0.25) is 9.78 Å². The standard InChI is InChI=1S/C24H23F3N4O/c25-18-8-4-9-19(26)22(18)16-6-3-7-17(23(16)27)24(32)30-20-13-29-11-10-21(20)31-12-2-1-5-15(28)14-31/h3-4,6-11,13,15H,1-2,5,12,14,28H2,(H,30,32). The predicted octanol–water partition coefficient (Wildman–Crippen LogP) is 4.74. The highest BCUT2D eigenvalue weighted by Gasteiger charge is 2.23. The maximum Gasteiger partial charge on any atom is 0.258 e. The number of nitrogens with two attached hydrogens (primary N) is 1. The third kappa shape index (κ3) is 4.45. The van der Waals surface area contributed by atoms with Crippen molar-refractivity contribution in [3.8, 4) is 11.1 Å². The Bertz CT molecular complexity index is 1120. The molecule has 2 aromatic carbocycles. The minimum Gasteiger partial charge on any atom is -0.368 e. The Morgan fingerprint density at radius 2 is 1.81 bits per heavy atom. The van der Waals surface area contributed by atoms with E-state index in [-0.39, 0.29) is 17.2 Å². The summed E-state index contributed by atoms with van der Waals surface area (Å²) in [5.74, 6) is -3.56. The van der Waals surface area contributed by atoms with E-state index in [1.807, 2.05) is 0 Å². The fraction of sp³-hybridized carbons (Fsp3) is 0.250. The van der Waals surface area contributed by atoms with Gasteiger partial charge in [0.15, 0.2) is 0 Å². The Hall–Kier alpha value is -3.39. The lowest BCUT2D eigenvalue weighted by Gasteiger charge is -2.27. The first kappa shape index (κ1) is 21.8. The van der Waals surface area contributed by atoms with Crippen molar-refractivity contribution >= 4 is 17.3 Å². The van der Waals surface area contributed by atoms with Gasteiger partial charge < -0.3 is 16.0 Å². The van der Waals surface area contributed by atoms with Crippen LogP contribution >= 0.6 is 0 Å². The molecule has 1 fully saturated rings. The maximum absolute atomic E-state index is 15.2. The molecule has 3 N–H and O–H groups in total. The van der Waals surface area contributed by atoms with Crippen LogP contribution in [0.15, 0.2) is 54.9 Å². The Morgan fingerprint density at radius 1 is 1.06 bits per heavy atom. The molecule has 1 aliphatic heterocycles. The van der Waals surface area contributed by atoms with Crippen molar-refractivity contribution in [3.63, 3.8) is 0 Å². The average Bonchev–Trinajstić information content (AvgIpc) is 2.99. The van der Waals surface area contributed by atoms with Gasteiger partial charge in [-0.25, -0.2) is 13.2 Å². The molecule has 2 heterocycles. The van der Waals surface area contributed by atoms with Crippen molar-refractivity contribution in [2.45, 2.75) is 25.3 Å². The first-order chi connectivity index (χ1) is 15.5. The van der Waals surface area contributed by atoms with Crippen LogP contribution in [0.4, 0.5) is 24.5 Å². The molecule has 1 saturated heterocycles. The van der Waals surface area contributed by atoms with Gasteiger partial charge in [-0.1, -0.05) is 24.6 Å². The summed E-state index contributed by atoms with van der Waals surface area (Å²) in [5.41, 5.74) is 6.15. The number of anilines is 2. The molecule has 1 unspecified atom stereocenters. The molecule has 3 aromatic rings. The Kier molecular flexibility index (Phi) is 6.41. The van der Waals surface area contributed by atoms with Gasteiger partial charge >= 0.3 is 0 Å². The fourth-order valence-corrected chi connectivity index (χ4v) is 4.00. The Morgan fingerprint density at radius 3 is 2.59 bits per heavy atom. The van der Waals surface area contributed by atoms with Crippen molar-refractivity contribution in [2.24, 2.45) is 5.73 Å². The lowest BCUT2D eigenvalue weighted by atomic mass is 10.0. The van der Waals surface area contributed by atoms with Gasteiger partial charge in [-0.15, -0.1) is 0 Å². The van der Waals surface area contributed by atoms with Gasteiger partial charge in [0.2, 0.25) is 0 Å². The van der Waals surface area contributed by atoms with Gasteiger partial charge in [0.25, 0.3) is 5.91 Å². The van der Waals surface area contributed by atoms with E-state index in [9.17, 15) is 13.6 Å². The highest BCUT2D eigenvalue weighted by Crippen LogP contribution is 2.31. The summed E-state index contributed by atoms with van der Waals surface area (Å²) in [7, 11) is 0. The van der Waals surface area contributed by atoms with Crippen molar-refractivity contribution in [1.29, 1.82) is 0 Å². The molecule has 0 radical (unpaired) electrons. The van der Waals surface area contributed by atoms with Crippen molar-refractivity contribution in [1.82, 2.24) is 4.98 Å². The summed E-state index contributed by atoms with van der Waals surface area (Å²) in [6.45, 7) is 1.40. The van der Waals surface area contributed by atoms with Crippen molar-refractivity contribution in [2.75, 3.05) is 23.3 Å². The number of nitrogens with zero attached hydrogens (tertiary/aromatic N) is 2. The average molecular weight is 440 g/mol. The Balaban J connectivity index is 1.65. The first-order valence-corrected chi connectivity index (χ1v) is 10.4. The summed E-state index contributed by atoms with van der Waals surface area (Å²) in [5, 5.41) is 2.70. The summed E-state index contributed by atoms with van der Waals surface area (Å²) >= 11 is 0. The molecule has 5 nitrogen and oxygen atoms in total. The van der Waals surface area contributed by atoms with Crippen LogP contribution in [0.2, 0.25) is 0 Å². The summed E-state index contributed by atoms with van der Waals surface area (Å²) in [6, 6.07) is 8.95. The van der Waals surface area contributed by atoms with Gasteiger partial charge in [0.1, 0.15) is 17.5 Å². The third-order valence-electron chi connectivity index (χ3n) is 5.57. The fourth-order valence-electron chi connectivity index (χ4n) is 4.00. The van der Waals surface area contributed by atoms with Crippen molar-refractivity contribution < 1.29 is 18.0 Å². The highest BCUT2D eigenvalue weighted by atomic mass is 19.1. The molecule has 0 aliphatic carbocycles. The molecule has 1 aliphatic rings. The number of rotatable bonds is 4. The van der Waals surface area contributed by atoms with Crippen LogP contribution in [0, 0.1) is 17.5 Å². The zero-order valence-corrected chi connectivity index (χ0v) is 17.3. The van der Waals surface area contributed by atoms with E-state index in [0.29, 0.717) is 12.2 Å². The second kappa shape index (κ2) is 9.40. The van der Waals surface area contributed by atoms with Crippen LogP contribution in [-0.2, 0) is 0 Å². The molecule has 0 bridgehead atoms. The minimum atomic E-state index is -1.00. The number of benzene rings is 2. The third-order valence-corrected chi connectivity index (χ3v) is 5.57. The Labute approximate surface area is 184 Å². The molecule has 8 heteroatoms. The molecule has 0 saturated carbocycles. The zero-order valence-electron chi connectivity index (χ0n) is 17.3. The van der Waals surface area contributed by atoms with E-state index in [1.54, 1.807) is 12.3 Å². The van der Waals surface area contributed by atoms with E-state index < -0.39 is 28.9 Å². The van der Waals surface area contributed by atoms with E-state index >= 15 is 4.39 Å². The van der Waals surface area contributed by atoms with Gasteiger partial charge in [0, 0.05) is 30.9 Å². The molecular weight excluding hydrogens is 417 g/mol. The zero-order chi connectivity index (χ0) is 22.7. The second-order valence-electron chi connectivity index (χ2n) is 7.81. The lowest BCUT2D eigenvalue weighted by molar-refractivity contribution is 0.102. The number of nitrogens with one attached hydrogen (secondary N) is 1. The second-order valence-corrected chi connectivity index (χ2v) is 7.81. The molecule has 32 heavy (non-hydrogen) atoms. The highest BCUT2D eigenvalue weighted by molar-refractivity contribution is 6.06. The number of aromatic nitrogens is 1. The van der Waals surface area contributed by atoms with Crippen molar-refractivity contribution in [3.05, 3.63) is 77.9 Å². The molecule has 166 valence electrons. The number of amides is 1. The normalized spacial score (nSPS) is 16.5. The molecular formula is C24H23F3N4O. The monoisotopic (exact) mass is 440 g/mol.